The van der Waals surface area contributed by atoms with Gasteiger partial charge in [-0.1, -0.05) is 30.3 Å². The number of halogens is 1. The van der Waals surface area contributed by atoms with E-state index in [1.54, 1.807) is 0 Å². The number of carboxylic acid groups (broad SMARTS) is 1. The molecule has 92 valence electrons. The molecule has 1 heterocycles. The molecule has 0 saturated carbocycles. The van der Waals surface area contributed by atoms with Crippen LogP contribution in [0.2, 0.25) is 5.02 Å². The Kier molecular flexibility index (Phi) is 5.17. The van der Waals surface area contributed by atoms with E-state index in [4.69, 9.17) is 16.7 Å². The Morgan fingerprint density at radius 1 is 1.59 bits per heavy atom. The minimum atomic E-state index is -1.13. The fourth-order valence-electron chi connectivity index (χ4n) is 0.948. The third-order valence-corrected chi connectivity index (χ3v) is 2.63. The predicted octanol–water partition coefficient (Wildman–Crippen LogP) is 1.06. The topological polar surface area (TPSA) is 92.2 Å². The van der Waals surface area contributed by atoms with Gasteiger partial charge in [0, 0.05) is 0 Å². The van der Waals surface area contributed by atoms with Crippen LogP contribution in [0.15, 0.2) is 11.4 Å². The van der Waals surface area contributed by atoms with Gasteiger partial charge in [-0.3, -0.25) is 9.59 Å². The van der Waals surface area contributed by atoms with Gasteiger partial charge in [0.05, 0.1) is 11.2 Å². The molecule has 0 aliphatic rings. The number of hydrogen-bond acceptors (Lipinski definition) is 5. The molecule has 6 nitrogen and oxygen atoms in total. The first-order valence-electron chi connectivity index (χ1n) is 4.70. The van der Waals surface area contributed by atoms with Gasteiger partial charge in [0.1, 0.15) is 6.54 Å². The quantitative estimate of drug-likeness (QED) is 0.616. The van der Waals surface area contributed by atoms with Crippen LogP contribution < -0.4 is 5.32 Å². The van der Waals surface area contributed by atoms with Crippen LogP contribution in [-0.2, 0) is 4.79 Å². The summed E-state index contributed by atoms with van der Waals surface area (Å²) in [6.45, 7) is 1.45. The summed E-state index contributed by atoms with van der Waals surface area (Å²) in [5.41, 5.74) is -0.0149. The highest BCUT2D eigenvalue weighted by molar-refractivity contribution is 7.99. The van der Waals surface area contributed by atoms with Crippen LogP contribution in [0.3, 0.4) is 0 Å². The summed E-state index contributed by atoms with van der Waals surface area (Å²) >= 11 is 7.13. The van der Waals surface area contributed by atoms with Crippen LogP contribution in [0.25, 0.3) is 0 Å². The molecule has 2 N–H and O–H groups in total. The largest absolute Gasteiger partial charge is 0.480 e. The zero-order valence-corrected chi connectivity index (χ0v) is 10.5. The van der Waals surface area contributed by atoms with Crippen molar-refractivity contribution in [2.45, 2.75) is 12.1 Å². The zero-order valence-electron chi connectivity index (χ0n) is 8.94. The van der Waals surface area contributed by atoms with E-state index in [0.29, 0.717) is 5.16 Å². The van der Waals surface area contributed by atoms with E-state index >= 15 is 0 Å². The number of nitrogens with one attached hydrogen (secondary N) is 1. The summed E-state index contributed by atoms with van der Waals surface area (Å²) in [6, 6.07) is 0. The zero-order chi connectivity index (χ0) is 12.8. The van der Waals surface area contributed by atoms with Crippen molar-refractivity contribution in [2.24, 2.45) is 0 Å². The summed E-state index contributed by atoms with van der Waals surface area (Å²) in [5, 5.41) is 11.1. The Morgan fingerprint density at radius 3 is 2.88 bits per heavy atom. The maximum absolute atomic E-state index is 11.6. The summed E-state index contributed by atoms with van der Waals surface area (Å²) in [4.78, 5) is 29.8. The molecule has 0 fully saturated rings. The van der Waals surface area contributed by atoms with Gasteiger partial charge in [-0.15, -0.1) is 0 Å². The van der Waals surface area contributed by atoms with E-state index in [0.717, 1.165) is 5.75 Å². The second-order valence-electron chi connectivity index (χ2n) is 2.86. The second-order valence-corrected chi connectivity index (χ2v) is 4.50. The molecule has 0 aliphatic heterocycles. The fraction of sp³-hybridized carbons (Fsp3) is 0.333. The van der Waals surface area contributed by atoms with Crippen LogP contribution >= 0.6 is 23.4 Å². The average molecular weight is 276 g/mol. The number of aromatic nitrogens is 2. The van der Waals surface area contributed by atoms with E-state index in [1.165, 1.54) is 18.0 Å². The van der Waals surface area contributed by atoms with E-state index in [2.05, 4.69) is 15.3 Å². The Bertz CT molecular complexity index is 441. The molecule has 0 atom stereocenters. The molecule has 1 rings (SSSR count). The first kappa shape index (κ1) is 13.7. The minimum absolute atomic E-state index is 0.0149. The second kappa shape index (κ2) is 6.41. The van der Waals surface area contributed by atoms with Crippen LogP contribution in [-0.4, -0.2) is 39.2 Å². The van der Waals surface area contributed by atoms with Gasteiger partial charge >= 0.3 is 5.97 Å². The number of nitrogens with zero attached hydrogens (tertiary/aromatic N) is 2. The molecule has 1 aromatic rings. The Labute approximate surface area is 107 Å². The molecule has 0 bridgehead atoms. The number of hydrogen-bond donors (Lipinski definition) is 2. The molecule has 8 heteroatoms. The van der Waals surface area contributed by atoms with E-state index in [-0.39, 0.29) is 10.7 Å². The van der Waals surface area contributed by atoms with Crippen molar-refractivity contribution in [3.05, 3.63) is 16.9 Å². The van der Waals surface area contributed by atoms with Crippen molar-refractivity contribution in [2.75, 3.05) is 12.3 Å². The molecule has 1 amide bonds. The molecule has 0 spiro atoms. The van der Waals surface area contributed by atoms with E-state index in [1.807, 2.05) is 6.92 Å². The molecule has 0 aliphatic carbocycles. The number of amides is 1. The maximum Gasteiger partial charge on any atom is 0.322 e. The van der Waals surface area contributed by atoms with Crippen LogP contribution in [0.1, 0.15) is 17.4 Å². The fourth-order valence-corrected chi connectivity index (χ4v) is 1.67. The summed E-state index contributed by atoms with van der Waals surface area (Å²) in [6.07, 6.45) is 1.32. The third kappa shape index (κ3) is 4.20. The Balaban J connectivity index is 2.83. The Hall–Kier alpha value is -1.34. The Morgan fingerprint density at radius 2 is 2.29 bits per heavy atom. The van der Waals surface area contributed by atoms with Gasteiger partial charge in [0.15, 0.2) is 10.9 Å². The lowest BCUT2D eigenvalue weighted by atomic mass is 10.4. The normalized spacial score (nSPS) is 10.0. The van der Waals surface area contributed by atoms with Crippen molar-refractivity contribution in [1.82, 2.24) is 15.3 Å². The van der Waals surface area contributed by atoms with Crippen molar-refractivity contribution < 1.29 is 14.7 Å². The lowest BCUT2D eigenvalue weighted by Gasteiger charge is -2.05. The van der Waals surface area contributed by atoms with Gasteiger partial charge < -0.3 is 10.4 Å². The van der Waals surface area contributed by atoms with Crippen LogP contribution in [0.4, 0.5) is 0 Å². The highest BCUT2D eigenvalue weighted by Crippen LogP contribution is 2.17. The molecule has 0 saturated heterocycles. The van der Waals surface area contributed by atoms with Crippen molar-refractivity contribution >= 4 is 35.2 Å². The highest BCUT2D eigenvalue weighted by Gasteiger charge is 2.14. The van der Waals surface area contributed by atoms with Gasteiger partial charge in [0.25, 0.3) is 5.91 Å². The highest BCUT2D eigenvalue weighted by atomic mass is 35.5. The van der Waals surface area contributed by atoms with E-state index in [9.17, 15) is 9.59 Å². The van der Waals surface area contributed by atoms with Gasteiger partial charge in [-0.2, -0.15) is 0 Å². The molecule has 17 heavy (non-hydrogen) atoms. The smallest absolute Gasteiger partial charge is 0.322 e. The standard InChI is InChI=1S/C9H10ClN3O3S/c1-2-17-9-12-3-5(10)7(13-9)8(16)11-4-6(14)15/h3H,2,4H2,1H3,(H,11,16)(H,14,15). The summed E-state index contributed by atoms with van der Waals surface area (Å²) < 4.78 is 0. The maximum atomic E-state index is 11.6. The first-order chi connectivity index (χ1) is 8.04. The minimum Gasteiger partial charge on any atom is -0.480 e. The number of thioether (sulfide) groups is 1. The average Bonchev–Trinajstić information content (AvgIpc) is 2.29. The summed E-state index contributed by atoms with van der Waals surface area (Å²) in [5.74, 6) is -0.998. The molecule has 0 aromatic carbocycles. The van der Waals surface area contributed by atoms with Crippen LogP contribution in [0, 0.1) is 0 Å². The third-order valence-electron chi connectivity index (χ3n) is 1.61. The molecule has 1 aromatic heterocycles. The van der Waals surface area contributed by atoms with Gasteiger partial charge in [-0.25, -0.2) is 9.97 Å². The number of carboxylic acids is 1. The lowest BCUT2D eigenvalue weighted by molar-refractivity contribution is -0.135. The molecular weight excluding hydrogens is 266 g/mol. The number of carbonyl (C=O) groups is 2. The lowest BCUT2D eigenvalue weighted by Crippen LogP contribution is -2.30. The number of carbonyl (C=O) groups excluding carboxylic acids is 1. The van der Waals surface area contributed by atoms with Crippen LogP contribution in [0.5, 0.6) is 0 Å². The van der Waals surface area contributed by atoms with Gasteiger partial charge in [0.2, 0.25) is 0 Å². The van der Waals surface area contributed by atoms with Crippen molar-refractivity contribution in [3.8, 4) is 0 Å². The first-order valence-corrected chi connectivity index (χ1v) is 6.06. The van der Waals surface area contributed by atoms with Crippen molar-refractivity contribution in [3.63, 3.8) is 0 Å². The summed E-state index contributed by atoms with van der Waals surface area (Å²) in [7, 11) is 0. The van der Waals surface area contributed by atoms with Gasteiger partial charge in [-0.05, 0) is 5.75 Å². The molecule has 0 radical (unpaired) electrons. The number of aliphatic carboxylic acids is 1. The van der Waals surface area contributed by atoms with Crippen molar-refractivity contribution in [1.29, 1.82) is 0 Å². The number of rotatable bonds is 5. The predicted molar refractivity (Wildman–Crippen MR) is 63.4 cm³/mol. The monoisotopic (exact) mass is 275 g/mol. The molecular formula is C9H10ClN3O3S. The SMILES string of the molecule is CCSc1ncc(Cl)c(C(=O)NCC(=O)O)n1. The molecule has 0 unspecified atom stereocenters. The van der Waals surface area contributed by atoms with E-state index < -0.39 is 18.4 Å².